The van der Waals surface area contributed by atoms with Gasteiger partial charge < -0.3 is 5.32 Å². The summed E-state index contributed by atoms with van der Waals surface area (Å²) in [6, 6.07) is 3.82. The summed E-state index contributed by atoms with van der Waals surface area (Å²) in [6.07, 6.45) is 6.13. The van der Waals surface area contributed by atoms with Crippen LogP contribution in [0.15, 0.2) is 18.3 Å². The standard InChI is InChI=1S/C12H16N2O/c1-9-6-7-13-11(8-9)14-12(15)10-4-2-3-5-10/h6-8,10H,2-5H2,1H3,(H,13,14,15). The molecule has 3 nitrogen and oxygen atoms in total. The molecule has 1 N–H and O–H groups in total. The van der Waals surface area contributed by atoms with Gasteiger partial charge in [0, 0.05) is 12.1 Å². The van der Waals surface area contributed by atoms with Crippen LogP contribution in [0.5, 0.6) is 0 Å². The zero-order chi connectivity index (χ0) is 10.7. The van der Waals surface area contributed by atoms with E-state index < -0.39 is 0 Å². The van der Waals surface area contributed by atoms with E-state index in [2.05, 4.69) is 10.3 Å². The minimum absolute atomic E-state index is 0.130. The predicted octanol–water partition coefficient (Wildman–Crippen LogP) is 2.52. The summed E-state index contributed by atoms with van der Waals surface area (Å²) >= 11 is 0. The molecule has 80 valence electrons. The number of nitrogens with one attached hydrogen (secondary N) is 1. The number of hydrogen-bond donors (Lipinski definition) is 1. The van der Waals surface area contributed by atoms with Gasteiger partial charge in [-0.25, -0.2) is 4.98 Å². The van der Waals surface area contributed by atoms with Crippen LogP contribution in [0.25, 0.3) is 0 Å². The summed E-state index contributed by atoms with van der Waals surface area (Å²) in [6.45, 7) is 1.99. The molecule has 1 aromatic rings. The predicted molar refractivity (Wildman–Crippen MR) is 59.6 cm³/mol. The maximum Gasteiger partial charge on any atom is 0.228 e. The third-order valence-electron chi connectivity index (χ3n) is 2.89. The first-order chi connectivity index (χ1) is 7.25. The molecule has 0 radical (unpaired) electrons. The molecule has 0 aliphatic heterocycles. The van der Waals surface area contributed by atoms with E-state index in [4.69, 9.17) is 0 Å². The lowest BCUT2D eigenvalue weighted by Gasteiger charge is -2.09. The van der Waals surface area contributed by atoms with Crippen LogP contribution in [0, 0.1) is 12.8 Å². The first-order valence-electron chi connectivity index (χ1n) is 5.49. The van der Waals surface area contributed by atoms with Crippen molar-refractivity contribution in [1.82, 2.24) is 4.98 Å². The smallest absolute Gasteiger partial charge is 0.228 e. The van der Waals surface area contributed by atoms with Gasteiger partial charge >= 0.3 is 0 Å². The number of amides is 1. The van der Waals surface area contributed by atoms with Gasteiger partial charge in [0.25, 0.3) is 0 Å². The number of aryl methyl sites for hydroxylation is 1. The van der Waals surface area contributed by atoms with Crippen molar-refractivity contribution in [2.24, 2.45) is 5.92 Å². The van der Waals surface area contributed by atoms with E-state index in [-0.39, 0.29) is 11.8 Å². The third-order valence-corrected chi connectivity index (χ3v) is 2.89. The zero-order valence-corrected chi connectivity index (χ0v) is 8.99. The maximum absolute atomic E-state index is 11.8. The van der Waals surface area contributed by atoms with Crippen molar-refractivity contribution in [3.8, 4) is 0 Å². The maximum atomic E-state index is 11.8. The van der Waals surface area contributed by atoms with Crippen LogP contribution in [-0.2, 0) is 4.79 Å². The van der Waals surface area contributed by atoms with Crippen molar-refractivity contribution in [1.29, 1.82) is 0 Å². The van der Waals surface area contributed by atoms with Crippen LogP contribution in [0.3, 0.4) is 0 Å². The van der Waals surface area contributed by atoms with Crippen molar-refractivity contribution in [3.63, 3.8) is 0 Å². The summed E-state index contributed by atoms with van der Waals surface area (Å²) in [5.74, 6) is 1.00. The Bertz CT molecular complexity index is 356. The monoisotopic (exact) mass is 204 g/mol. The Labute approximate surface area is 89.9 Å². The number of carbonyl (C=O) groups excluding carboxylic acids is 1. The lowest BCUT2D eigenvalue weighted by atomic mass is 10.1. The lowest BCUT2D eigenvalue weighted by molar-refractivity contribution is -0.119. The van der Waals surface area contributed by atoms with Crippen LogP contribution in [0.1, 0.15) is 31.2 Å². The summed E-state index contributed by atoms with van der Waals surface area (Å²) in [5.41, 5.74) is 1.12. The highest BCUT2D eigenvalue weighted by Crippen LogP contribution is 2.25. The molecule has 1 amide bonds. The van der Waals surface area contributed by atoms with Gasteiger partial charge in [0.2, 0.25) is 5.91 Å². The van der Waals surface area contributed by atoms with Gasteiger partial charge in [0.15, 0.2) is 0 Å². The Hall–Kier alpha value is -1.38. The van der Waals surface area contributed by atoms with Gasteiger partial charge in [0.05, 0.1) is 0 Å². The molecule has 0 bridgehead atoms. The van der Waals surface area contributed by atoms with Crippen molar-refractivity contribution in [2.75, 3.05) is 5.32 Å². The van der Waals surface area contributed by atoms with Gasteiger partial charge in [0.1, 0.15) is 5.82 Å². The molecule has 0 atom stereocenters. The first kappa shape index (κ1) is 10.1. The molecular formula is C12H16N2O. The van der Waals surface area contributed by atoms with Gasteiger partial charge in [-0.3, -0.25) is 4.79 Å². The van der Waals surface area contributed by atoms with E-state index in [1.807, 2.05) is 19.1 Å². The van der Waals surface area contributed by atoms with E-state index in [1.54, 1.807) is 6.20 Å². The van der Waals surface area contributed by atoms with Crippen LogP contribution < -0.4 is 5.32 Å². The second-order valence-corrected chi connectivity index (χ2v) is 4.19. The zero-order valence-electron chi connectivity index (χ0n) is 8.99. The molecule has 1 saturated carbocycles. The fraction of sp³-hybridized carbons (Fsp3) is 0.500. The van der Waals surface area contributed by atoms with Gasteiger partial charge in [-0.05, 0) is 37.5 Å². The van der Waals surface area contributed by atoms with E-state index >= 15 is 0 Å². The molecule has 0 spiro atoms. The fourth-order valence-corrected chi connectivity index (χ4v) is 2.02. The second kappa shape index (κ2) is 4.43. The Kier molecular flexibility index (Phi) is 2.99. The van der Waals surface area contributed by atoms with Crippen LogP contribution in [0.2, 0.25) is 0 Å². The fourth-order valence-electron chi connectivity index (χ4n) is 2.02. The van der Waals surface area contributed by atoms with Crippen molar-refractivity contribution >= 4 is 11.7 Å². The van der Waals surface area contributed by atoms with Gasteiger partial charge in [-0.2, -0.15) is 0 Å². The molecule has 0 aromatic carbocycles. The average Bonchev–Trinajstić information content (AvgIpc) is 2.70. The van der Waals surface area contributed by atoms with Gasteiger partial charge in [-0.1, -0.05) is 12.8 Å². The normalized spacial score (nSPS) is 16.6. The van der Waals surface area contributed by atoms with E-state index in [9.17, 15) is 4.79 Å². The number of rotatable bonds is 2. The highest BCUT2D eigenvalue weighted by Gasteiger charge is 2.22. The molecule has 1 aliphatic rings. The van der Waals surface area contributed by atoms with Crippen LogP contribution in [-0.4, -0.2) is 10.9 Å². The molecule has 2 rings (SSSR count). The van der Waals surface area contributed by atoms with Crippen LogP contribution in [0.4, 0.5) is 5.82 Å². The quantitative estimate of drug-likeness (QED) is 0.804. The molecule has 1 aromatic heterocycles. The van der Waals surface area contributed by atoms with Crippen LogP contribution >= 0.6 is 0 Å². The molecule has 1 aliphatic carbocycles. The number of aromatic nitrogens is 1. The molecule has 0 saturated heterocycles. The average molecular weight is 204 g/mol. The van der Waals surface area contributed by atoms with E-state index in [1.165, 1.54) is 12.8 Å². The summed E-state index contributed by atoms with van der Waals surface area (Å²) in [5, 5.41) is 2.87. The third kappa shape index (κ3) is 2.55. The second-order valence-electron chi connectivity index (χ2n) is 4.19. The Balaban J connectivity index is 1.99. The SMILES string of the molecule is Cc1ccnc(NC(=O)C2CCCC2)c1. The number of carbonyl (C=O) groups is 1. The topological polar surface area (TPSA) is 42.0 Å². The molecule has 15 heavy (non-hydrogen) atoms. The summed E-state index contributed by atoms with van der Waals surface area (Å²) in [7, 11) is 0. The highest BCUT2D eigenvalue weighted by atomic mass is 16.1. The van der Waals surface area contributed by atoms with Gasteiger partial charge in [-0.15, -0.1) is 0 Å². The minimum Gasteiger partial charge on any atom is -0.310 e. The Morgan fingerprint density at radius 2 is 2.20 bits per heavy atom. The summed E-state index contributed by atoms with van der Waals surface area (Å²) < 4.78 is 0. The van der Waals surface area contributed by atoms with E-state index in [0.29, 0.717) is 5.82 Å². The molecule has 3 heteroatoms. The lowest BCUT2D eigenvalue weighted by Crippen LogP contribution is -2.20. The number of nitrogens with zero attached hydrogens (tertiary/aromatic N) is 1. The highest BCUT2D eigenvalue weighted by molar-refractivity contribution is 5.91. The Morgan fingerprint density at radius 1 is 1.47 bits per heavy atom. The van der Waals surface area contributed by atoms with Crippen molar-refractivity contribution < 1.29 is 4.79 Å². The number of anilines is 1. The number of pyridine rings is 1. The molecule has 1 fully saturated rings. The van der Waals surface area contributed by atoms with E-state index in [0.717, 1.165) is 18.4 Å². The molecule has 1 heterocycles. The van der Waals surface area contributed by atoms with Crippen molar-refractivity contribution in [2.45, 2.75) is 32.6 Å². The Morgan fingerprint density at radius 3 is 2.87 bits per heavy atom. The largest absolute Gasteiger partial charge is 0.310 e. The first-order valence-corrected chi connectivity index (χ1v) is 5.49. The summed E-state index contributed by atoms with van der Waals surface area (Å²) in [4.78, 5) is 15.9. The minimum atomic E-state index is 0.130. The molecular weight excluding hydrogens is 188 g/mol. The number of hydrogen-bond acceptors (Lipinski definition) is 2. The molecule has 0 unspecified atom stereocenters. The van der Waals surface area contributed by atoms with Crippen molar-refractivity contribution in [3.05, 3.63) is 23.9 Å².